The Morgan fingerprint density at radius 3 is 2.54 bits per heavy atom. The molecule has 3 rings (SSSR count). The zero-order valence-corrected chi connectivity index (χ0v) is 14.7. The van der Waals surface area contributed by atoms with Crippen molar-refractivity contribution >= 4 is 0 Å². The number of fused-ring (bicyclic) bond motifs is 1. The van der Waals surface area contributed by atoms with Gasteiger partial charge in [0.15, 0.2) is 11.5 Å². The Morgan fingerprint density at radius 2 is 1.92 bits per heavy atom. The van der Waals surface area contributed by atoms with Crippen LogP contribution in [-0.4, -0.2) is 37.8 Å². The molecule has 2 aromatic carbocycles. The minimum Gasteiger partial charge on any atom is -0.504 e. The highest BCUT2D eigenvalue weighted by Gasteiger charge is 2.32. The van der Waals surface area contributed by atoms with Gasteiger partial charge in [-0.1, -0.05) is 30.3 Å². The van der Waals surface area contributed by atoms with Crippen LogP contribution >= 0.6 is 0 Å². The Balaban J connectivity index is 2.25. The van der Waals surface area contributed by atoms with Crippen LogP contribution in [0, 0.1) is 0 Å². The smallest absolute Gasteiger partial charge is 0.162 e. The molecule has 1 heterocycles. The van der Waals surface area contributed by atoms with Crippen LogP contribution in [0.5, 0.6) is 11.5 Å². The molecule has 0 amide bonds. The van der Waals surface area contributed by atoms with Crippen molar-refractivity contribution in [2.45, 2.75) is 25.5 Å². The number of hydrogen-bond acceptors (Lipinski definition) is 4. The minimum atomic E-state index is -0.0668. The average molecular weight is 327 g/mol. The summed E-state index contributed by atoms with van der Waals surface area (Å²) < 4.78 is 11.0. The first kappa shape index (κ1) is 16.8. The highest BCUT2D eigenvalue weighted by molar-refractivity contribution is 5.58. The lowest BCUT2D eigenvalue weighted by molar-refractivity contribution is 0.117. The zero-order valence-electron chi connectivity index (χ0n) is 14.7. The van der Waals surface area contributed by atoms with Gasteiger partial charge in [-0.3, -0.25) is 0 Å². The van der Waals surface area contributed by atoms with Gasteiger partial charge in [0.1, 0.15) is 0 Å². The fourth-order valence-corrected chi connectivity index (χ4v) is 3.62. The van der Waals surface area contributed by atoms with Crippen molar-refractivity contribution in [2.24, 2.45) is 0 Å². The maximum atomic E-state index is 10.7. The van der Waals surface area contributed by atoms with Crippen LogP contribution in [0.4, 0.5) is 0 Å². The summed E-state index contributed by atoms with van der Waals surface area (Å²) in [5.41, 5.74) is 4.45. The highest BCUT2D eigenvalue weighted by atomic mass is 16.5. The Hall–Kier alpha value is -2.04. The largest absolute Gasteiger partial charge is 0.504 e. The first-order valence-corrected chi connectivity index (χ1v) is 8.25. The topological polar surface area (TPSA) is 41.9 Å². The molecule has 24 heavy (non-hydrogen) atoms. The third-order valence-electron chi connectivity index (χ3n) is 4.93. The predicted molar refractivity (Wildman–Crippen MR) is 94.7 cm³/mol. The minimum absolute atomic E-state index is 0.0668. The number of ether oxygens (including phenoxy) is 2. The summed E-state index contributed by atoms with van der Waals surface area (Å²) in [5, 5.41) is 10.7. The molecule has 0 aromatic heterocycles. The molecule has 4 nitrogen and oxygen atoms in total. The monoisotopic (exact) mass is 327 g/mol. The normalized spacial score (nSPS) is 18.9. The van der Waals surface area contributed by atoms with Gasteiger partial charge in [-0.2, -0.15) is 0 Å². The van der Waals surface area contributed by atoms with Gasteiger partial charge in [-0.25, -0.2) is 0 Å². The van der Waals surface area contributed by atoms with E-state index in [-0.39, 0.29) is 17.8 Å². The summed E-state index contributed by atoms with van der Waals surface area (Å²) in [5.74, 6) is 0.950. The van der Waals surface area contributed by atoms with Crippen molar-refractivity contribution in [1.29, 1.82) is 0 Å². The number of methoxy groups -OCH3 is 2. The maximum absolute atomic E-state index is 10.7. The van der Waals surface area contributed by atoms with Crippen molar-refractivity contribution in [1.82, 2.24) is 4.90 Å². The number of benzene rings is 2. The van der Waals surface area contributed by atoms with Crippen LogP contribution in [0.3, 0.4) is 0 Å². The van der Waals surface area contributed by atoms with Crippen molar-refractivity contribution in [3.05, 3.63) is 58.7 Å². The number of rotatable bonds is 4. The van der Waals surface area contributed by atoms with Gasteiger partial charge >= 0.3 is 0 Å². The second-order valence-electron chi connectivity index (χ2n) is 6.45. The van der Waals surface area contributed by atoms with E-state index in [0.717, 1.165) is 17.7 Å². The van der Waals surface area contributed by atoms with Gasteiger partial charge in [-0.05, 0) is 36.7 Å². The van der Waals surface area contributed by atoms with E-state index in [2.05, 4.69) is 36.2 Å². The van der Waals surface area contributed by atoms with Crippen molar-refractivity contribution < 1.29 is 14.6 Å². The van der Waals surface area contributed by atoms with Crippen LogP contribution in [-0.2, 0) is 11.3 Å². The summed E-state index contributed by atoms with van der Waals surface area (Å²) >= 11 is 0. The number of nitrogens with zero attached hydrogens (tertiary/aromatic N) is 1. The van der Waals surface area contributed by atoms with Crippen molar-refractivity contribution in [3.63, 3.8) is 0 Å². The molecule has 2 atom stereocenters. The molecule has 2 aromatic rings. The van der Waals surface area contributed by atoms with Gasteiger partial charge in [0.2, 0.25) is 0 Å². The van der Waals surface area contributed by atoms with E-state index >= 15 is 0 Å². The Morgan fingerprint density at radius 1 is 1.21 bits per heavy atom. The molecule has 0 fully saturated rings. The van der Waals surface area contributed by atoms with Gasteiger partial charge in [0.25, 0.3) is 0 Å². The highest BCUT2D eigenvalue weighted by Crippen LogP contribution is 2.45. The van der Waals surface area contributed by atoms with Crippen LogP contribution in [0.1, 0.15) is 41.2 Å². The molecule has 2 unspecified atom stereocenters. The van der Waals surface area contributed by atoms with Gasteiger partial charge in [-0.15, -0.1) is 0 Å². The number of hydrogen-bond donors (Lipinski definition) is 1. The van der Waals surface area contributed by atoms with Crippen LogP contribution in [0.15, 0.2) is 36.4 Å². The maximum Gasteiger partial charge on any atom is 0.162 e. The Bertz CT molecular complexity index is 715. The number of likely N-dealkylation sites (N-methyl/N-ethyl adjacent to an activating group) is 1. The molecule has 1 N–H and O–H groups in total. The molecule has 128 valence electrons. The number of aromatic hydroxyl groups is 1. The third kappa shape index (κ3) is 2.87. The van der Waals surface area contributed by atoms with Crippen molar-refractivity contribution in [3.8, 4) is 11.5 Å². The third-order valence-corrected chi connectivity index (χ3v) is 4.93. The van der Waals surface area contributed by atoms with Crippen molar-refractivity contribution in [2.75, 3.05) is 27.8 Å². The molecule has 0 saturated carbocycles. The van der Waals surface area contributed by atoms with Crippen LogP contribution in [0.25, 0.3) is 0 Å². The molecular weight excluding hydrogens is 302 g/mol. The van der Waals surface area contributed by atoms with E-state index in [1.54, 1.807) is 14.2 Å². The standard InChI is InChI=1S/C20H25NO3/c1-13(23-3)15-10-18(24-4)20(22)17-12-21(2)11-16(19(15)17)14-8-6-5-7-9-14/h5-10,13,16,22H,11-12H2,1-4H3. The second kappa shape index (κ2) is 6.83. The van der Waals surface area contributed by atoms with Crippen LogP contribution in [0.2, 0.25) is 0 Å². The van der Waals surface area contributed by atoms with Gasteiger partial charge < -0.3 is 19.5 Å². The van der Waals surface area contributed by atoms with Gasteiger partial charge in [0.05, 0.1) is 13.2 Å². The number of phenolic OH excluding ortho intramolecular Hbond substituents is 1. The lowest BCUT2D eigenvalue weighted by Gasteiger charge is -2.36. The summed E-state index contributed by atoms with van der Waals surface area (Å²) in [4.78, 5) is 2.24. The quantitative estimate of drug-likeness (QED) is 0.930. The molecule has 4 heteroatoms. The lowest BCUT2D eigenvalue weighted by atomic mass is 9.80. The molecule has 0 aliphatic carbocycles. The van der Waals surface area contributed by atoms with E-state index < -0.39 is 0 Å². The first-order chi connectivity index (χ1) is 11.6. The van der Waals surface area contributed by atoms with Gasteiger partial charge in [0, 0.05) is 31.7 Å². The molecule has 0 radical (unpaired) electrons. The molecule has 0 saturated heterocycles. The SMILES string of the molecule is COc1cc(C(C)OC)c2c(c1O)CN(C)CC2c1ccccc1. The number of phenols is 1. The summed E-state index contributed by atoms with van der Waals surface area (Å²) in [6.45, 7) is 3.64. The van der Waals surface area contributed by atoms with E-state index in [0.29, 0.717) is 12.3 Å². The Kier molecular flexibility index (Phi) is 4.78. The fraction of sp³-hybridized carbons (Fsp3) is 0.400. The predicted octanol–water partition coefficient (Wildman–Crippen LogP) is 3.69. The van der Waals surface area contributed by atoms with E-state index in [1.807, 2.05) is 19.1 Å². The average Bonchev–Trinajstić information content (AvgIpc) is 2.62. The second-order valence-corrected chi connectivity index (χ2v) is 6.45. The fourth-order valence-electron chi connectivity index (χ4n) is 3.62. The zero-order chi connectivity index (χ0) is 17.3. The molecule has 1 aliphatic heterocycles. The molecule has 0 spiro atoms. The van der Waals surface area contributed by atoms with Crippen LogP contribution < -0.4 is 4.74 Å². The molecule has 0 bridgehead atoms. The lowest BCUT2D eigenvalue weighted by Crippen LogP contribution is -2.32. The van der Waals surface area contributed by atoms with E-state index in [1.165, 1.54) is 11.1 Å². The first-order valence-electron chi connectivity index (χ1n) is 8.25. The summed E-state index contributed by atoms with van der Waals surface area (Å²) in [7, 11) is 5.38. The van der Waals surface area contributed by atoms with E-state index in [9.17, 15) is 5.11 Å². The summed E-state index contributed by atoms with van der Waals surface area (Å²) in [6.07, 6.45) is -0.0668. The van der Waals surface area contributed by atoms with E-state index in [4.69, 9.17) is 9.47 Å². The molecular formula is C20H25NO3. The summed E-state index contributed by atoms with van der Waals surface area (Å²) in [6, 6.07) is 12.4. The Labute approximate surface area is 143 Å². The molecule has 1 aliphatic rings.